The summed E-state index contributed by atoms with van der Waals surface area (Å²) in [5.74, 6) is -1.08. The first-order valence-corrected chi connectivity index (χ1v) is 10.1. The number of hydrogen-bond acceptors (Lipinski definition) is 4. The van der Waals surface area contributed by atoms with Gasteiger partial charge in [-0.05, 0) is 48.7 Å². The van der Waals surface area contributed by atoms with E-state index in [1.807, 2.05) is 12.1 Å². The van der Waals surface area contributed by atoms with Gasteiger partial charge in [0.1, 0.15) is 6.54 Å². The number of benzene rings is 2. The Kier molecular flexibility index (Phi) is 5.71. The van der Waals surface area contributed by atoms with Crippen LogP contribution in [0, 0.1) is 0 Å². The molecule has 4 rings (SSSR count). The van der Waals surface area contributed by atoms with Crippen LogP contribution in [0.4, 0.5) is 0 Å². The van der Waals surface area contributed by atoms with E-state index < -0.39 is 5.91 Å². The smallest absolute Gasteiger partial charge is 0.261 e. The molecule has 1 N–H and O–H groups in total. The van der Waals surface area contributed by atoms with Crippen molar-refractivity contribution >= 4 is 17.7 Å². The van der Waals surface area contributed by atoms with E-state index >= 15 is 0 Å². The van der Waals surface area contributed by atoms with Crippen LogP contribution in [0.3, 0.4) is 0 Å². The molecule has 0 saturated carbocycles. The first-order chi connectivity index (χ1) is 14.1. The second-order valence-corrected chi connectivity index (χ2v) is 7.70. The van der Waals surface area contributed by atoms with Crippen molar-refractivity contribution in [1.29, 1.82) is 0 Å². The lowest BCUT2D eigenvalue weighted by atomic mass is 9.98. The van der Waals surface area contributed by atoms with Crippen LogP contribution in [0.5, 0.6) is 0 Å². The summed E-state index contributed by atoms with van der Waals surface area (Å²) in [6.07, 6.45) is 2.70. The highest BCUT2D eigenvalue weighted by molar-refractivity contribution is 6.11. The van der Waals surface area contributed by atoms with Crippen LogP contribution < -0.4 is 5.32 Å². The van der Waals surface area contributed by atoms with E-state index in [0.717, 1.165) is 30.1 Å². The molecule has 0 aromatic heterocycles. The van der Waals surface area contributed by atoms with Crippen molar-refractivity contribution in [3.05, 3.63) is 70.8 Å². The Morgan fingerprint density at radius 3 is 2.38 bits per heavy atom. The first-order valence-electron chi connectivity index (χ1n) is 10.1. The van der Waals surface area contributed by atoms with E-state index in [2.05, 4.69) is 22.3 Å². The molecule has 3 amide bonds. The van der Waals surface area contributed by atoms with Crippen molar-refractivity contribution in [2.45, 2.75) is 32.4 Å². The van der Waals surface area contributed by atoms with Gasteiger partial charge < -0.3 is 5.32 Å². The van der Waals surface area contributed by atoms with Crippen molar-refractivity contribution < 1.29 is 14.4 Å². The zero-order valence-electron chi connectivity index (χ0n) is 16.4. The molecule has 1 saturated heterocycles. The fourth-order valence-electron chi connectivity index (χ4n) is 3.92. The van der Waals surface area contributed by atoms with Crippen molar-refractivity contribution in [1.82, 2.24) is 15.1 Å². The molecule has 29 heavy (non-hydrogen) atoms. The quantitative estimate of drug-likeness (QED) is 0.766. The van der Waals surface area contributed by atoms with E-state index in [-0.39, 0.29) is 24.8 Å². The topological polar surface area (TPSA) is 69.7 Å². The second-order valence-electron chi connectivity index (χ2n) is 7.70. The van der Waals surface area contributed by atoms with Crippen LogP contribution in [0.1, 0.15) is 39.9 Å². The van der Waals surface area contributed by atoms with Gasteiger partial charge in [-0.15, -0.1) is 0 Å². The number of nitrogens with zero attached hydrogens (tertiary/aromatic N) is 2. The molecule has 0 aliphatic carbocycles. The molecule has 0 unspecified atom stereocenters. The van der Waals surface area contributed by atoms with Gasteiger partial charge in [0.25, 0.3) is 5.91 Å². The van der Waals surface area contributed by atoms with Gasteiger partial charge in [0.15, 0.2) is 0 Å². The first kappa shape index (κ1) is 19.3. The van der Waals surface area contributed by atoms with Gasteiger partial charge in [0.05, 0.1) is 6.42 Å². The minimum Gasteiger partial charge on any atom is -0.350 e. The molecule has 2 aromatic rings. The van der Waals surface area contributed by atoms with E-state index in [9.17, 15) is 14.4 Å². The molecule has 6 nitrogen and oxygen atoms in total. The Labute approximate surface area is 170 Å². The molecule has 1 fully saturated rings. The van der Waals surface area contributed by atoms with Crippen LogP contribution in [0.15, 0.2) is 48.5 Å². The number of hydrogen-bond donors (Lipinski definition) is 1. The largest absolute Gasteiger partial charge is 0.350 e. The minimum absolute atomic E-state index is 0.147. The third-order valence-electron chi connectivity index (χ3n) is 5.55. The molecule has 0 spiro atoms. The van der Waals surface area contributed by atoms with Crippen molar-refractivity contribution in [2.24, 2.45) is 0 Å². The average molecular weight is 391 g/mol. The van der Waals surface area contributed by atoms with E-state index in [1.165, 1.54) is 18.4 Å². The lowest BCUT2D eigenvalue weighted by molar-refractivity contribution is -0.133. The second kappa shape index (κ2) is 8.57. The summed E-state index contributed by atoms with van der Waals surface area (Å²) in [6.45, 7) is 3.41. The molecular formula is C23H25N3O3. The predicted octanol–water partition coefficient (Wildman–Crippen LogP) is 2.12. The van der Waals surface area contributed by atoms with Crippen LogP contribution >= 0.6 is 0 Å². The van der Waals surface area contributed by atoms with Gasteiger partial charge in [-0.25, -0.2) is 0 Å². The van der Waals surface area contributed by atoms with Gasteiger partial charge in [0, 0.05) is 18.7 Å². The van der Waals surface area contributed by atoms with Crippen LogP contribution in [-0.2, 0) is 29.1 Å². The van der Waals surface area contributed by atoms with E-state index in [1.54, 1.807) is 24.3 Å². The average Bonchev–Trinajstić information content (AvgIpc) is 3.24. The highest BCUT2D eigenvalue weighted by Crippen LogP contribution is 2.19. The number of carbonyl (C=O) groups excluding carboxylic acids is 3. The zero-order valence-corrected chi connectivity index (χ0v) is 16.4. The third kappa shape index (κ3) is 4.54. The maximum atomic E-state index is 12.5. The van der Waals surface area contributed by atoms with Crippen LogP contribution in [-0.4, -0.2) is 47.2 Å². The summed E-state index contributed by atoms with van der Waals surface area (Å²) in [4.78, 5) is 40.6. The Morgan fingerprint density at radius 1 is 0.931 bits per heavy atom. The Hall–Kier alpha value is -2.99. The fraction of sp³-hybridized carbons (Fsp3) is 0.348. The minimum atomic E-state index is -0.404. The van der Waals surface area contributed by atoms with E-state index in [0.29, 0.717) is 17.7 Å². The number of nitrogens with one attached hydrogen (secondary N) is 1. The molecular weight excluding hydrogens is 366 g/mol. The van der Waals surface area contributed by atoms with Crippen molar-refractivity contribution in [2.75, 3.05) is 19.6 Å². The monoisotopic (exact) mass is 391 g/mol. The summed E-state index contributed by atoms with van der Waals surface area (Å²) < 4.78 is 0. The molecule has 2 aromatic carbocycles. The van der Waals surface area contributed by atoms with Crippen LogP contribution in [0.25, 0.3) is 0 Å². The Balaban J connectivity index is 1.30. The van der Waals surface area contributed by atoms with Gasteiger partial charge in [0.2, 0.25) is 11.8 Å². The van der Waals surface area contributed by atoms with Gasteiger partial charge in [-0.3, -0.25) is 24.2 Å². The number of fused-ring (bicyclic) bond motifs is 1. The molecule has 150 valence electrons. The van der Waals surface area contributed by atoms with Gasteiger partial charge in [-0.2, -0.15) is 0 Å². The molecule has 0 atom stereocenters. The number of imide groups is 1. The highest BCUT2D eigenvalue weighted by atomic mass is 16.2. The summed E-state index contributed by atoms with van der Waals surface area (Å²) in [5, 5.41) is 2.81. The summed E-state index contributed by atoms with van der Waals surface area (Å²) >= 11 is 0. The number of rotatable bonds is 6. The maximum absolute atomic E-state index is 12.5. The number of carbonyl (C=O) groups is 3. The van der Waals surface area contributed by atoms with Crippen molar-refractivity contribution in [3.63, 3.8) is 0 Å². The lowest BCUT2D eigenvalue weighted by Crippen LogP contribution is -2.47. The number of likely N-dealkylation sites (tertiary alicyclic amines) is 1. The Morgan fingerprint density at radius 2 is 1.62 bits per heavy atom. The highest BCUT2D eigenvalue weighted by Gasteiger charge is 2.31. The zero-order chi connectivity index (χ0) is 20.2. The van der Waals surface area contributed by atoms with Crippen molar-refractivity contribution in [3.8, 4) is 0 Å². The fourth-order valence-corrected chi connectivity index (χ4v) is 3.92. The SMILES string of the molecule is O=C(CN1C(=O)Cc2ccccc2C1=O)NCc1ccc(CN2CCCC2)cc1. The maximum Gasteiger partial charge on any atom is 0.261 e. The van der Waals surface area contributed by atoms with E-state index in [4.69, 9.17) is 0 Å². The normalized spacial score (nSPS) is 16.8. The van der Waals surface area contributed by atoms with Crippen LogP contribution in [0.2, 0.25) is 0 Å². The molecule has 2 heterocycles. The van der Waals surface area contributed by atoms with Gasteiger partial charge in [-0.1, -0.05) is 42.5 Å². The molecule has 6 heteroatoms. The lowest BCUT2D eigenvalue weighted by Gasteiger charge is -2.26. The van der Waals surface area contributed by atoms with Gasteiger partial charge >= 0.3 is 0 Å². The predicted molar refractivity (Wildman–Crippen MR) is 109 cm³/mol. The third-order valence-corrected chi connectivity index (χ3v) is 5.55. The standard InChI is InChI=1S/C23H25N3O3/c27-21(16-26-22(28)13-19-5-1-2-6-20(19)23(26)29)24-14-17-7-9-18(10-8-17)15-25-11-3-4-12-25/h1-2,5-10H,3-4,11-16H2,(H,24,27). The molecule has 0 radical (unpaired) electrons. The number of amides is 3. The molecule has 2 aliphatic heterocycles. The summed E-state index contributed by atoms with van der Waals surface area (Å²) in [5.41, 5.74) is 3.47. The molecule has 2 aliphatic rings. The Bertz CT molecular complexity index is 917. The summed E-state index contributed by atoms with van der Waals surface area (Å²) in [6, 6.07) is 15.2. The summed E-state index contributed by atoms with van der Waals surface area (Å²) in [7, 11) is 0. The molecule has 0 bridgehead atoms.